The number of para-hydroxylation sites is 1. The van der Waals surface area contributed by atoms with Gasteiger partial charge < -0.3 is 5.32 Å². The van der Waals surface area contributed by atoms with Crippen LogP contribution in [0.4, 0.5) is 5.69 Å². The number of halogens is 1. The number of rotatable bonds is 5. The number of carbonyl (C=O) groups excluding carboxylic acids is 1. The van der Waals surface area contributed by atoms with Crippen molar-refractivity contribution in [1.82, 2.24) is 9.88 Å². The molecule has 3 rings (SSSR count). The molecule has 0 aliphatic rings. The largest absolute Gasteiger partial charge is 0.325 e. The Hall–Kier alpha value is -1.95. The van der Waals surface area contributed by atoms with Crippen LogP contribution in [-0.4, -0.2) is 28.9 Å². The molecule has 1 heterocycles. The normalized spacial score (nSPS) is 12.5. The lowest BCUT2D eigenvalue weighted by atomic mass is 10.2. The van der Waals surface area contributed by atoms with Crippen molar-refractivity contribution >= 4 is 44.7 Å². The van der Waals surface area contributed by atoms with Gasteiger partial charge in [0, 0.05) is 10.7 Å². The van der Waals surface area contributed by atoms with Crippen LogP contribution in [0.1, 0.15) is 11.9 Å². The third-order valence-corrected chi connectivity index (χ3v) is 5.15. The van der Waals surface area contributed by atoms with Gasteiger partial charge in [-0.25, -0.2) is 4.98 Å². The van der Waals surface area contributed by atoms with Gasteiger partial charge in [-0.3, -0.25) is 9.69 Å². The lowest BCUT2D eigenvalue weighted by Crippen LogP contribution is -2.39. The summed E-state index contributed by atoms with van der Waals surface area (Å²) in [6, 6.07) is 14.9. The van der Waals surface area contributed by atoms with Crippen LogP contribution in [0.15, 0.2) is 48.5 Å². The first-order valence-electron chi connectivity index (χ1n) is 7.64. The van der Waals surface area contributed by atoms with E-state index in [0.29, 0.717) is 11.6 Å². The Labute approximate surface area is 150 Å². The smallest absolute Gasteiger partial charge is 0.241 e. The highest BCUT2D eigenvalue weighted by atomic mass is 35.5. The first-order chi connectivity index (χ1) is 11.5. The number of hydrogen-bond acceptors (Lipinski definition) is 4. The summed E-state index contributed by atoms with van der Waals surface area (Å²) in [4.78, 5) is 19.0. The fourth-order valence-corrected chi connectivity index (χ4v) is 3.47. The van der Waals surface area contributed by atoms with E-state index in [2.05, 4.69) is 16.4 Å². The maximum Gasteiger partial charge on any atom is 0.241 e. The molecule has 0 radical (unpaired) electrons. The van der Waals surface area contributed by atoms with Crippen molar-refractivity contribution in [2.24, 2.45) is 0 Å². The number of anilines is 1. The second-order valence-corrected chi connectivity index (χ2v) is 7.21. The summed E-state index contributed by atoms with van der Waals surface area (Å²) in [6.07, 6.45) is 0. The molecule has 0 saturated heterocycles. The molecule has 1 N–H and O–H groups in total. The van der Waals surface area contributed by atoms with Crippen molar-refractivity contribution < 1.29 is 4.79 Å². The quantitative estimate of drug-likeness (QED) is 0.734. The van der Waals surface area contributed by atoms with Crippen molar-refractivity contribution in [3.8, 4) is 0 Å². The van der Waals surface area contributed by atoms with Crippen LogP contribution in [0.3, 0.4) is 0 Å². The Kier molecular flexibility index (Phi) is 5.14. The van der Waals surface area contributed by atoms with Crippen molar-refractivity contribution in [1.29, 1.82) is 0 Å². The van der Waals surface area contributed by atoms with Gasteiger partial charge in [-0.1, -0.05) is 23.7 Å². The van der Waals surface area contributed by atoms with E-state index in [0.717, 1.165) is 16.2 Å². The number of aromatic nitrogens is 1. The summed E-state index contributed by atoms with van der Waals surface area (Å²) in [6.45, 7) is 2.52. The lowest BCUT2D eigenvalue weighted by Gasteiger charge is -2.22. The fourth-order valence-electron chi connectivity index (χ4n) is 2.32. The summed E-state index contributed by atoms with van der Waals surface area (Å²) in [5, 5.41) is 4.56. The molecule has 6 heteroatoms. The second-order valence-electron chi connectivity index (χ2n) is 5.66. The molecule has 0 fully saturated rings. The molecule has 1 aromatic heterocycles. The number of hydrogen-bond donors (Lipinski definition) is 1. The van der Waals surface area contributed by atoms with Gasteiger partial charge >= 0.3 is 0 Å². The van der Waals surface area contributed by atoms with Gasteiger partial charge in [-0.2, -0.15) is 0 Å². The first kappa shape index (κ1) is 16.9. The number of nitrogens with one attached hydrogen (secondary N) is 1. The monoisotopic (exact) mass is 359 g/mol. The minimum Gasteiger partial charge on any atom is -0.325 e. The number of nitrogens with zero attached hydrogens (tertiary/aromatic N) is 2. The standard InChI is InChI=1S/C18H18ClN3OS/c1-12(18(23)20-14-9-7-13(19)8-10-14)22(2)11-17-21-15-5-3-4-6-16(15)24-17/h3-10,12H,11H2,1-2H3,(H,20,23)/t12-/m0/s1. The van der Waals surface area contributed by atoms with Crippen molar-refractivity contribution in [2.45, 2.75) is 19.5 Å². The lowest BCUT2D eigenvalue weighted by molar-refractivity contribution is -0.120. The van der Waals surface area contributed by atoms with Crippen LogP contribution in [0, 0.1) is 0 Å². The third kappa shape index (κ3) is 3.93. The van der Waals surface area contributed by atoms with E-state index in [1.807, 2.05) is 37.1 Å². The molecule has 2 aromatic carbocycles. The number of thiazole rings is 1. The van der Waals surface area contributed by atoms with Crippen molar-refractivity contribution in [2.75, 3.05) is 12.4 Å². The van der Waals surface area contributed by atoms with E-state index >= 15 is 0 Å². The molecule has 0 spiro atoms. The van der Waals surface area contributed by atoms with E-state index in [-0.39, 0.29) is 11.9 Å². The number of likely N-dealkylation sites (N-methyl/N-ethyl adjacent to an activating group) is 1. The summed E-state index contributed by atoms with van der Waals surface area (Å²) >= 11 is 7.52. The van der Waals surface area contributed by atoms with Gasteiger partial charge in [0.2, 0.25) is 5.91 Å². The highest BCUT2D eigenvalue weighted by Gasteiger charge is 2.19. The molecular formula is C18H18ClN3OS. The highest BCUT2D eigenvalue weighted by molar-refractivity contribution is 7.18. The minimum atomic E-state index is -0.271. The zero-order valence-corrected chi connectivity index (χ0v) is 15.1. The molecule has 0 bridgehead atoms. The van der Waals surface area contributed by atoms with Crippen LogP contribution in [0.2, 0.25) is 5.02 Å². The zero-order valence-electron chi connectivity index (χ0n) is 13.5. The highest BCUT2D eigenvalue weighted by Crippen LogP contribution is 2.23. The molecular weight excluding hydrogens is 342 g/mol. The summed E-state index contributed by atoms with van der Waals surface area (Å²) in [5.41, 5.74) is 1.74. The Bertz CT molecular complexity index is 814. The van der Waals surface area contributed by atoms with Gasteiger partial charge in [0.05, 0.1) is 22.8 Å². The molecule has 1 amide bonds. The summed E-state index contributed by atoms with van der Waals surface area (Å²) < 4.78 is 1.17. The van der Waals surface area contributed by atoms with Crippen molar-refractivity contribution in [3.05, 3.63) is 58.6 Å². The van der Waals surface area contributed by atoms with Gasteiger partial charge in [-0.05, 0) is 50.4 Å². The molecule has 0 aliphatic heterocycles. The average Bonchev–Trinajstić information content (AvgIpc) is 2.98. The fraction of sp³-hybridized carbons (Fsp3) is 0.222. The maximum atomic E-state index is 12.4. The van der Waals surface area contributed by atoms with Crippen LogP contribution in [0.5, 0.6) is 0 Å². The van der Waals surface area contributed by atoms with Crippen LogP contribution in [-0.2, 0) is 11.3 Å². The van der Waals surface area contributed by atoms with Gasteiger partial charge in [0.1, 0.15) is 5.01 Å². The second kappa shape index (κ2) is 7.30. The third-order valence-electron chi connectivity index (χ3n) is 3.88. The molecule has 124 valence electrons. The predicted molar refractivity (Wildman–Crippen MR) is 101 cm³/mol. The predicted octanol–water partition coefficient (Wildman–Crippen LogP) is 4.41. The van der Waals surface area contributed by atoms with Gasteiger partial charge in [-0.15, -0.1) is 11.3 Å². The summed E-state index contributed by atoms with van der Waals surface area (Å²) in [5.74, 6) is -0.0547. The van der Waals surface area contributed by atoms with E-state index in [1.54, 1.807) is 35.6 Å². The van der Waals surface area contributed by atoms with E-state index in [9.17, 15) is 4.79 Å². The maximum absolute atomic E-state index is 12.4. The van der Waals surface area contributed by atoms with E-state index < -0.39 is 0 Å². The number of benzene rings is 2. The Morgan fingerprint density at radius 1 is 1.25 bits per heavy atom. The van der Waals surface area contributed by atoms with Crippen LogP contribution in [0.25, 0.3) is 10.2 Å². The Balaban J connectivity index is 1.63. The molecule has 4 nitrogen and oxygen atoms in total. The SMILES string of the molecule is C[C@@H](C(=O)Nc1ccc(Cl)cc1)N(C)Cc1nc2ccccc2s1. The molecule has 0 unspecified atom stereocenters. The Morgan fingerprint density at radius 2 is 1.96 bits per heavy atom. The zero-order chi connectivity index (χ0) is 17.1. The summed E-state index contributed by atoms with van der Waals surface area (Å²) in [7, 11) is 1.93. The molecule has 1 atom stereocenters. The van der Waals surface area contributed by atoms with Crippen LogP contribution >= 0.6 is 22.9 Å². The molecule has 0 saturated carbocycles. The topological polar surface area (TPSA) is 45.2 Å². The minimum absolute atomic E-state index is 0.0547. The van der Waals surface area contributed by atoms with Gasteiger partial charge in [0.25, 0.3) is 0 Å². The van der Waals surface area contributed by atoms with E-state index in [4.69, 9.17) is 11.6 Å². The first-order valence-corrected chi connectivity index (χ1v) is 8.83. The van der Waals surface area contributed by atoms with Crippen molar-refractivity contribution in [3.63, 3.8) is 0 Å². The number of fused-ring (bicyclic) bond motifs is 1. The van der Waals surface area contributed by atoms with Crippen LogP contribution < -0.4 is 5.32 Å². The Morgan fingerprint density at radius 3 is 2.67 bits per heavy atom. The molecule has 3 aromatic rings. The molecule has 0 aliphatic carbocycles. The average molecular weight is 360 g/mol. The van der Waals surface area contributed by atoms with Gasteiger partial charge in [0.15, 0.2) is 0 Å². The number of carbonyl (C=O) groups is 1. The number of amides is 1. The van der Waals surface area contributed by atoms with E-state index in [1.165, 1.54) is 4.70 Å². The molecule has 24 heavy (non-hydrogen) atoms.